The fourth-order valence-electron chi connectivity index (χ4n) is 4.58. The lowest BCUT2D eigenvalue weighted by Crippen LogP contribution is -2.35. The van der Waals surface area contributed by atoms with E-state index in [0.29, 0.717) is 58.2 Å². The van der Waals surface area contributed by atoms with Gasteiger partial charge in [0.05, 0.1) is 19.1 Å². The third-order valence-corrected chi connectivity index (χ3v) is 6.36. The van der Waals surface area contributed by atoms with Crippen LogP contribution in [0.1, 0.15) is 56.6 Å². The van der Waals surface area contributed by atoms with Crippen molar-refractivity contribution < 1.29 is 14.3 Å². The summed E-state index contributed by atoms with van der Waals surface area (Å²) in [7, 11) is 0. The van der Waals surface area contributed by atoms with Crippen LogP contribution in [-0.2, 0) is 33.8 Å². The minimum atomic E-state index is -0.0561. The molecule has 0 spiro atoms. The molecule has 3 aliphatic rings. The van der Waals surface area contributed by atoms with Gasteiger partial charge in [-0.05, 0) is 25.2 Å². The van der Waals surface area contributed by atoms with Crippen molar-refractivity contribution in [3.8, 4) is 0 Å². The smallest absolute Gasteiger partial charge is 0.225 e. The molecule has 0 bridgehead atoms. The second-order valence-electron chi connectivity index (χ2n) is 8.30. The molecule has 28 heavy (non-hydrogen) atoms. The normalized spacial score (nSPS) is 23.3. The Morgan fingerprint density at radius 3 is 2.71 bits per heavy atom. The molecular weight excluding hydrogens is 358 g/mol. The third kappa shape index (κ3) is 4.54. The predicted octanol–water partition coefficient (Wildman–Crippen LogP) is 1.29. The molecule has 8 heteroatoms. The second kappa shape index (κ2) is 9.03. The molecule has 1 aromatic rings. The van der Waals surface area contributed by atoms with E-state index >= 15 is 0 Å². The van der Waals surface area contributed by atoms with Gasteiger partial charge in [0.25, 0.3) is 0 Å². The zero-order valence-electron chi connectivity index (χ0n) is 16.6. The molecule has 1 saturated heterocycles. The minimum absolute atomic E-state index is 0.0211. The lowest BCUT2D eigenvalue weighted by molar-refractivity contribution is -0.132. The van der Waals surface area contributed by atoms with E-state index in [9.17, 15) is 9.59 Å². The Morgan fingerprint density at radius 1 is 1.07 bits per heavy atom. The Labute approximate surface area is 166 Å². The number of hydrogen-bond donors (Lipinski definition) is 1. The van der Waals surface area contributed by atoms with Crippen molar-refractivity contribution in [1.29, 1.82) is 0 Å². The maximum Gasteiger partial charge on any atom is 0.225 e. The summed E-state index contributed by atoms with van der Waals surface area (Å²) in [6, 6.07) is 0. The molecule has 1 aromatic heterocycles. The Balaban J connectivity index is 1.30. The number of fused-ring (bicyclic) bond motifs is 1. The van der Waals surface area contributed by atoms with Gasteiger partial charge in [0.2, 0.25) is 11.8 Å². The first-order valence-electron chi connectivity index (χ1n) is 10.7. The van der Waals surface area contributed by atoms with Crippen molar-refractivity contribution in [3.05, 3.63) is 11.6 Å². The number of nitrogens with one attached hydrogen (secondary N) is 1. The van der Waals surface area contributed by atoms with E-state index in [4.69, 9.17) is 4.74 Å². The van der Waals surface area contributed by atoms with Crippen LogP contribution in [0.4, 0.5) is 0 Å². The molecule has 2 amide bonds. The topological polar surface area (TPSA) is 89.4 Å². The summed E-state index contributed by atoms with van der Waals surface area (Å²) in [5.74, 6) is 2.48. The summed E-state index contributed by atoms with van der Waals surface area (Å²) >= 11 is 0. The molecule has 1 N–H and O–H groups in total. The number of carbonyl (C=O) groups is 2. The molecule has 1 atom stereocenters. The second-order valence-corrected chi connectivity index (χ2v) is 8.30. The highest BCUT2D eigenvalue weighted by atomic mass is 16.5. The summed E-state index contributed by atoms with van der Waals surface area (Å²) in [5.41, 5.74) is 0. The number of hydrogen-bond acceptors (Lipinski definition) is 5. The van der Waals surface area contributed by atoms with E-state index in [-0.39, 0.29) is 17.7 Å². The standard InChI is InChI=1S/C20H31N5O3/c26-19(12-15-4-2-1-3-5-15)24-8-6-17-22-23-18(25(17)10-9-24)13-21-20(27)16-7-11-28-14-16/h15-16H,1-14H2,(H,21,27). The van der Waals surface area contributed by atoms with Crippen molar-refractivity contribution in [3.63, 3.8) is 0 Å². The summed E-state index contributed by atoms with van der Waals surface area (Å²) in [6.45, 7) is 3.61. The van der Waals surface area contributed by atoms with Gasteiger partial charge in [-0.25, -0.2) is 0 Å². The van der Waals surface area contributed by atoms with Gasteiger partial charge in [-0.15, -0.1) is 10.2 Å². The van der Waals surface area contributed by atoms with E-state index in [1.54, 1.807) is 0 Å². The van der Waals surface area contributed by atoms with Crippen molar-refractivity contribution >= 4 is 11.8 Å². The van der Waals surface area contributed by atoms with Gasteiger partial charge in [-0.1, -0.05) is 19.3 Å². The number of amides is 2. The number of carbonyl (C=O) groups excluding carboxylic acids is 2. The maximum atomic E-state index is 12.8. The Morgan fingerprint density at radius 2 is 1.93 bits per heavy atom. The number of nitrogens with zero attached hydrogens (tertiary/aromatic N) is 4. The lowest BCUT2D eigenvalue weighted by Gasteiger charge is -2.25. The maximum absolute atomic E-state index is 12.8. The van der Waals surface area contributed by atoms with Gasteiger partial charge in [0, 0.05) is 39.1 Å². The summed E-state index contributed by atoms with van der Waals surface area (Å²) in [5, 5.41) is 11.5. The molecule has 1 unspecified atom stereocenters. The highest BCUT2D eigenvalue weighted by Gasteiger charge is 2.26. The van der Waals surface area contributed by atoms with Crippen molar-refractivity contribution in [2.24, 2.45) is 11.8 Å². The van der Waals surface area contributed by atoms with E-state index in [1.807, 2.05) is 4.90 Å². The fourth-order valence-corrected chi connectivity index (χ4v) is 4.58. The van der Waals surface area contributed by atoms with E-state index in [0.717, 1.165) is 18.1 Å². The van der Waals surface area contributed by atoms with Crippen molar-refractivity contribution in [1.82, 2.24) is 25.0 Å². The van der Waals surface area contributed by atoms with E-state index in [1.165, 1.54) is 32.1 Å². The molecule has 154 valence electrons. The molecule has 0 radical (unpaired) electrons. The predicted molar refractivity (Wildman–Crippen MR) is 102 cm³/mol. The van der Waals surface area contributed by atoms with Crippen LogP contribution in [0.3, 0.4) is 0 Å². The quantitative estimate of drug-likeness (QED) is 0.820. The Kier molecular flexibility index (Phi) is 6.24. The molecule has 2 aliphatic heterocycles. The molecule has 1 aliphatic carbocycles. The van der Waals surface area contributed by atoms with Gasteiger partial charge in [-0.3, -0.25) is 9.59 Å². The van der Waals surface area contributed by atoms with Crippen LogP contribution in [0.15, 0.2) is 0 Å². The van der Waals surface area contributed by atoms with Gasteiger partial charge in [0.15, 0.2) is 5.82 Å². The van der Waals surface area contributed by atoms with Crippen LogP contribution in [0.25, 0.3) is 0 Å². The molecule has 8 nitrogen and oxygen atoms in total. The number of rotatable bonds is 5. The molecular formula is C20H31N5O3. The zero-order chi connectivity index (χ0) is 19.3. The summed E-state index contributed by atoms with van der Waals surface area (Å²) in [4.78, 5) is 26.9. The summed E-state index contributed by atoms with van der Waals surface area (Å²) in [6.07, 6.45) is 8.42. The van der Waals surface area contributed by atoms with Crippen LogP contribution in [-0.4, -0.2) is 57.8 Å². The number of ether oxygens (including phenoxy) is 1. The average molecular weight is 390 g/mol. The largest absolute Gasteiger partial charge is 0.381 e. The molecule has 0 aromatic carbocycles. The van der Waals surface area contributed by atoms with Crippen LogP contribution in [0.5, 0.6) is 0 Å². The van der Waals surface area contributed by atoms with Gasteiger partial charge in [-0.2, -0.15) is 0 Å². The van der Waals surface area contributed by atoms with Gasteiger partial charge in [0.1, 0.15) is 5.82 Å². The van der Waals surface area contributed by atoms with Crippen molar-refractivity contribution in [2.75, 3.05) is 26.3 Å². The van der Waals surface area contributed by atoms with Crippen LogP contribution >= 0.6 is 0 Å². The monoisotopic (exact) mass is 389 g/mol. The van der Waals surface area contributed by atoms with Gasteiger partial charge < -0.3 is 19.5 Å². The first-order chi connectivity index (χ1) is 13.7. The van der Waals surface area contributed by atoms with Crippen molar-refractivity contribution in [2.45, 2.75) is 64.5 Å². The fraction of sp³-hybridized carbons (Fsp3) is 0.800. The average Bonchev–Trinajstić information content (AvgIpc) is 3.33. The first kappa shape index (κ1) is 19.4. The molecule has 3 heterocycles. The SMILES string of the molecule is O=C(NCc1nnc2n1CCN(C(=O)CC1CCCCC1)CC2)C1CCOC1. The Bertz CT molecular complexity index is 692. The third-order valence-electron chi connectivity index (χ3n) is 6.36. The van der Waals surface area contributed by atoms with Crippen LogP contribution in [0.2, 0.25) is 0 Å². The highest BCUT2D eigenvalue weighted by Crippen LogP contribution is 2.27. The Hall–Kier alpha value is -1.96. The number of aromatic nitrogens is 3. The van der Waals surface area contributed by atoms with E-state index in [2.05, 4.69) is 20.1 Å². The minimum Gasteiger partial charge on any atom is -0.381 e. The zero-order valence-corrected chi connectivity index (χ0v) is 16.6. The van der Waals surface area contributed by atoms with E-state index < -0.39 is 0 Å². The first-order valence-corrected chi connectivity index (χ1v) is 10.7. The lowest BCUT2D eigenvalue weighted by atomic mass is 9.86. The van der Waals surface area contributed by atoms with Crippen LogP contribution < -0.4 is 5.32 Å². The molecule has 2 fully saturated rings. The molecule has 4 rings (SSSR count). The van der Waals surface area contributed by atoms with Crippen LogP contribution in [0, 0.1) is 11.8 Å². The molecule has 1 saturated carbocycles. The summed E-state index contributed by atoms with van der Waals surface area (Å²) < 4.78 is 7.35. The van der Waals surface area contributed by atoms with Gasteiger partial charge >= 0.3 is 0 Å². The highest BCUT2D eigenvalue weighted by molar-refractivity contribution is 5.79.